The van der Waals surface area contributed by atoms with Gasteiger partial charge in [-0.15, -0.1) is 0 Å². The summed E-state index contributed by atoms with van der Waals surface area (Å²) in [7, 11) is 2.95. The molecule has 1 aromatic carbocycles. The molecule has 142 valence electrons. The highest BCUT2D eigenvalue weighted by atomic mass is 19.1. The molecule has 0 aliphatic carbocycles. The van der Waals surface area contributed by atoms with Gasteiger partial charge < -0.3 is 14.5 Å². The van der Waals surface area contributed by atoms with Gasteiger partial charge in [-0.25, -0.2) is 13.9 Å². The van der Waals surface area contributed by atoms with E-state index >= 15 is 0 Å². The topological polar surface area (TPSA) is 89.3 Å². The van der Waals surface area contributed by atoms with E-state index in [1.165, 1.54) is 53.9 Å². The average Bonchev–Trinajstić information content (AvgIpc) is 3.25. The van der Waals surface area contributed by atoms with Crippen LogP contribution in [0.5, 0.6) is 0 Å². The van der Waals surface area contributed by atoms with Crippen molar-refractivity contribution in [3.8, 4) is 5.69 Å². The van der Waals surface area contributed by atoms with Crippen molar-refractivity contribution in [2.24, 2.45) is 5.16 Å². The Kier molecular flexibility index (Phi) is 5.06. The number of cyclic esters (lactones) is 1. The first-order valence-corrected chi connectivity index (χ1v) is 8.04. The van der Waals surface area contributed by atoms with Crippen LogP contribution < -0.4 is 4.90 Å². The highest BCUT2D eigenvalue weighted by molar-refractivity contribution is 5.90. The van der Waals surface area contributed by atoms with Gasteiger partial charge in [0.15, 0.2) is 12.0 Å². The van der Waals surface area contributed by atoms with Gasteiger partial charge in [-0.1, -0.05) is 5.16 Å². The molecule has 0 spiro atoms. The third-order valence-corrected chi connectivity index (χ3v) is 4.11. The molecule has 1 atom stereocenters. The van der Waals surface area contributed by atoms with Crippen molar-refractivity contribution in [2.45, 2.75) is 13.2 Å². The van der Waals surface area contributed by atoms with E-state index in [1.807, 2.05) is 0 Å². The Balaban J connectivity index is 1.81. The summed E-state index contributed by atoms with van der Waals surface area (Å²) in [6.45, 7) is 1.49. The van der Waals surface area contributed by atoms with Crippen LogP contribution in [0.3, 0.4) is 0 Å². The van der Waals surface area contributed by atoms with E-state index in [2.05, 4.69) is 15.1 Å². The molecule has 1 aliphatic rings. The van der Waals surface area contributed by atoms with E-state index < -0.39 is 18.1 Å². The van der Waals surface area contributed by atoms with E-state index in [0.29, 0.717) is 11.4 Å². The van der Waals surface area contributed by atoms with Crippen molar-refractivity contribution in [1.29, 1.82) is 0 Å². The number of nitrogens with zero attached hydrogens (tertiary/aromatic N) is 5. The Labute approximate surface area is 154 Å². The third-order valence-electron chi connectivity index (χ3n) is 4.11. The number of hydrogen-bond donors (Lipinski definition) is 0. The highest BCUT2D eigenvalue weighted by Crippen LogP contribution is 2.26. The fourth-order valence-electron chi connectivity index (χ4n) is 2.56. The molecule has 0 radical (unpaired) electrons. The number of halogens is 1. The zero-order chi connectivity index (χ0) is 19.6. The number of anilines is 1. The summed E-state index contributed by atoms with van der Waals surface area (Å²) in [5.41, 5.74) is 1.04. The first-order valence-electron chi connectivity index (χ1n) is 8.04. The lowest BCUT2D eigenvalue weighted by Crippen LogP contribution is -2.38. The number of ether oxygens (including phenoxy) is 1. The number of carbonyl (C=O) groups is 2. The van der Waals surface area contributed by atoms with E-state index in [4.69, 9.17) is 4.74 Å². The first kappa shape index (κ1) is 18.4. The SMILES string of the molecule is CON=Cc1ccn(-c2ccc(N3CC(N(C)C(C)=O)OC3=O)cc2F)n1. The highest BCUT2D eigenvalue weighted by Gasteiger charge is 2.36. The second-order valence-electron chi connectivity index (χ2n) is 5.82. The molecule has 1 fully saturated rings. The quantitative estimate of drug-likeness (QED) is 0.587. The van der Waals surface area contributed by atoms with Crippen LogP contribution in [0.2, 0.25) is 0 Å². The smallest absolute Gasteiger partial charge is 0.416 e. The van der Waals surface area contributed by atoms with Crippen molar-refractivity contribution >= 4 is 23.9 Å². The average molecular weight is 375 g/mol. The molecule has 2 heterocycles. The lowest BCUT2D eigenvalue weighted by atomic mass is 10.2. The van der Waals surface area contributed by atoms with Gasteiger partial charge in [0.2, 0.25) is 5.91 Å². The standard InChI is InChI=1S/C17H18FN5O4/c1-11(24)21(2)16-10-22(17(25)27-16)13-4-5-15(14(18)8-13)23-7-6-12(20-23)9-19-26-3/h4-9,16H,10H2,1-3H3. The van der Waals surface area contributed by atoms with Gasteiger partial charge in [0.05, 0.1) is 18.4 Å². The maximum atomic E-state index is 14.6. The molecule has 1 aliphatic heterocycles. The van der Waals surface area contributed by atoms with Crippen molar-refractivity contribution in [1.82, 2.24) is 14.7 Å². The first-order chi connectivity index (χ1) is 12.9. The van der Waals surface area contributed by atoms with E-state index in [9.17, 15) is 14.0 Å². The van der Waals surface area contributed by atoms with Gasteiger partial charge in [0.1, 0.15) is 18.5 Å². The lowest BCUT2D eigenvalue weighted by molar-refractivity contribution is -0.134. The Bertz CT molecular complexity index is 897. The predicted octanol–water partition coefficient (Wildman–Crippen LogP) is 1.75. The predicted molar refractivity (Wildman–Crippen MR) is 94.2 cm³/mol. The molecule has 10 heteroatoms. The molecule has 0 saturated carbocycles. The van der Waals surface area contributed by atoms with Gasteiger partial charge in [-0.3, -0.25) is 9.69 Å². The van der Waals surface area contributed by atoms with Gasteiger partial charge >= 0.3 is 6.09 Å². The van der Waals surface area contributed by atoms with Crippen LogP contribution >= 0.6 is 0 Å². The van der Waals surface area contributed by atoms with Gasteiger partial charge in [0.25, 0.3) is 0 Å². The fraction of sp³-hybridized carbons (Fsp3) is 0.294. The lowest BCUT2D eigenvalue weighted by Gasteiger charge is -2.20. The second-order valence-corrected chi connectivity index (χ2v) is 5.82. The minimum absolute atomic E-state index is 0.118. The Morgan fingerprint density at radius 2 is 2.26 bits per heavy atom. The maximum absolute atomic E-state index is 14.6. The molecule has 2 aromatic rings. The van der Waals surface area contributed by atoms with Crippen LogP contribution in [-0.4, -0.2) is 59.8 Å². The van der Waals surface area contributed by atoms with Crippen LogP contribution in [0.15, 0.2) is 35.6 Å². The Hall–Kier alpha value is -3.43. The Morgan fingerprint density at radius 1 is 1.48 bits per heavy atom. The molecule has 2 amide bonds. The van der Waals surface area contributed by atoms with E-state index in [-0.39, 0.29) is 18.1 Å². The molecule has 1 aromatic heterocycles. The summed E-state index contributed by atoms with van der Waals surface area (Å²) in [6.07, 6.45) is 1.62. The number of hydrogen-bond acceptors (Lipinski definition) is 6. The molecular formula is C17H18FN5O4. The number of aromatic nitrogens is 2. The van der Waals surface area contributed by atoms with Crippen LogP contribution in [0.1, 0.15) is 12.6 Å². The molecule has 27 heavy (non-hydrogen) atoms. The summed E-state index contributed by atoms with van der Waals surface area (Å²) in [4.78, 5) is 30.7. The van der Waals surface area contributed by atoms with Crippen molar-refractivity contribution < 1.29 is 23.6 Å². The van der Waals surface area contributed by atoms with Crippen LogP contribution in [-0.2, 0) is 14.4 Å². The summed E-state index contributed by atoms with van der Waals surface area (Å²) < 4.78 is 21.1. The number of amides is 2. The van der Waals surface area contributed by atoms with Gasteiger partial charge in [0, 0.05) is 20.2 Å². The minimum atomic E-state index is -0.716. The van der Waals surface area contributed by atoms with Gasteiger partial charge in [-0.05, 0) is 24.3 Å². The molecule has 3 rings (SSSR count). The zero-order valence-corrected chi connectivity index (χ0v) is 15.0. The van der Waals surface area contributed by atoms with Gasteiger partial charge in [-0.2, -0.15) is 5.10 Å². The minimum Gasteiger partial charge on any atom is -0.423 e. The summed E-state index contributed by atoms with van der Waals surface area (Å²) in [6, 6.07) is 5.96. The van der Waals surface area contributed by atoms with Crippen molar-refractivity contribution in [3.05, 3.63) is 42.0 Å². The number of likely N-dealkylation sites (N-methyl/N-ethyl adjacent to an activating group) is 1. The van der Waals surface area contributed by atoms with Crippen molar-refractivity contribution in [2.75, 3.05) is 25.6 Å². The molecule has 1 saturated heterocycles. The monoisotopic (exact) mass is 375 g/mol. The fourth-order valence-corrected chi connectivity index (χ4v) is 2.56. The van der Waals surface area contributed by atoms with Crippen LogP contribution in [0.25, 0.3) is 5.69 Å². The Morgan fingerprint density at radius 3 is 2.93 bits per heavy atom. The normalized spacial score (nSPS) is 16.7. The number of benzene rings is 1. The number of rotatable bonds is 5. The van der Waals surface area contributed by atoms with Crippen LogP contribution in [0.4, 0.5) is 14.9 Å². The third kappa shape index (κ3) is 3.73. The molecular weight excluding hydrogens is 357 g/mol. The van der Waals surface area contributed by atoms with E-state index in [1.54, 1.807) is 18.3 Å². The summed E-state index contributed by atoms with van der Waals surface area (Å²) in [5, 5.41) is 7.77. The molecule has 1 unspecified atom stereocenters. The molecule has 9 nitrogen and oxygen atoms in total. The molecule has 0 bridgehead atoms. The number of oxime groups is 1. The summed E-state index contributed by atoms with van der Waals surface area (Å²) >= 11 is 0. The van der Waals surface area contributed by atoms with Crippen molar-refractivity contribution in [3.63, 3.8) is 0 Å². The van der Waals surface area contributed by atoms with Crippen LogP contribution in [0, 0.1) is 5.82 Å². The zero-order valence-electron chi connectivity index (χ0n) is 15.0. The summed E-state index contributed by atoms with van der Waals surface area (Å²) in [5.74, 6) is -0.801. The van der Waals surface area contributed by atoms with E-state index in [0.717, 1.165) is 0 Å². The maximum Gasteiger partial charge on any atom is 0.416 e. The molecule has 0 N–H and O–H groups in total. The second kappa shape index (κ2) is 7.44. The number of carbonyl (C=O) groups excluding carboxylic acids is 2. The largest absolute Gasteiger partial charge is 0.423 e.